The Hall–Kier alpha value is -1.53. The van der Waals surface area contributed by atoms with Crippen LogP contribution < -0.4 is 0 Å². The molecule has 0 unspecified atom stereocenters. The second-order valence-electron chi connectivity index (χ2n) is 8.41. The summed E-state index contributed by atoms with van der Waals surface area (Å²) in [7, 11) is 0. The summed E-state index contributed by atoms with van der Waals surface area (Å²) in [5.74, 6) is 0. The molecular weight excluding hydrogens is 312 g/mol. The van der Waals surface area contributed by atoms with Gasteiger partial charge in [-0.2, -0.15) is 0 Å². The number of allylic oxidation sites excluding steroid dienone is 1. The van der Waals surface area contributed by atoms with Crippen LogP contribution in [0, 0.1) is 0 Å². The molecule has 0 fully saturated rings. The Morgan fingerprint density at radius 1 is 0.875 bits per heavy atom. The molecule has 1 aliphatic rings. The van der Waals surface area contributed by atoms with E-state index in [2.05, 4.69) is 71.0 Å². The van der Waals surface area contributed by atoms with E-state index < -0.39 is 0 Å². The van der Waals surface area contributed by atoms with Gasteiger partial charge in [-0.3, -0.25) is 0 Å². The molecule has 0 heterocycles. The van der Waals surface area contributed by atoms with Crippen molar-refractivity contribution in [3.05, 3.63) is 69.7 Å². The maximum Gasteiger partial charge on any atom is 0.0406 e. The predicted octanol–water partition coefficient (Wildman–Crippen LogP) is 7.25. The van der Waals surface area contributed by atoms with Crippen molar-refractivity contribution in [1.29, 1.82) is 0 Å². The lowest BCUT2D eigenvalue weighted by atomic mass is 9.63. The summed E-state index contributed by atoms with van der Waals surface area (Å²) in [5, 5.41) is 0.780. The number of rotatable bonds is 2. The van der Waals surface area contributed by atoms with Crippen LogP contribution in [0.1, 0.15) is 69.7 Å². The maximum absolute atomic E-state index is 5.98. The van der Waals surface area contributed by atoms with E-state index in [9.17, 15) is 0 Å². The van der Waals surface area contributed by atoms with Crippen molar-refractivity contribution in [3.8, 4) is 0 Å². The first kappa shape index (κ1) is 17.3. The van der Waals surface area contributed by atoms with Crippen LogP contribution in [0.5, 0.6) is 0 Å². The van der Waals surface area contributed by atoms with Crippen LogP contribution in [0.3, 0.4) is 0 Å². The smallest absolute Gasteiger partial charge is 0.0406 e. The monoisotopic (exact) mass is 338 g/mol. The van der Waals surface area contributed by atoms with Gasteiger partial charge in [0.15, 0.2) is 0 Å². The lowest BCUT2D eigenvalue weighted by Gasteiger charge is -2.42. The van der Waals surface area contributed by atoms with Gasteiger partial charge in [-0.1, -0.05) is 75.7 Å². The Labute approximate surface area is 151 Å². The first-order valence-electron chi connectivity index (χ1n) is 8.78. The largest absolute Gasteiger partial charge is 0.0843 e. The fourth-order valence-electron chi connectivity index (χ4n) is 3.73. The van der Waals surface area contributed by atoms with Crippen LogP contribution in [-0.4, -0.2) is 0 Å². The van der Waals surface area contributed by atoms with Gasteiger partial charge in [0.25, 0.3) is 0 Å². The average Bonchev–Trinajstić information content (AvgIpc) is 2.54. The molecule has 0 amide bonds. The maximum atomic E-state index is 5.98. The standard InChI is InChI=1S/C23H27Cl/c1-16(14-17-6-9-19(24)10-7-17)18-8-11-20-21(15-18)23(4,5)13-12-22(20,2)3/h6-11,14-15H,12-13H2,1-5H3/b16-14+. The molecule has 3 rings (SSSR count). The van der Waals surface area contributed by atoms with E-state index in [1.165, 1.54) is 40.7 Å². The van der Waals surface area contributed by atoms with Crippen molar-refractivity contribution < 1.29 is 0 Å². The minimum Gasteiger partial charge on any atom is -0.0843 e. The SMILES string of the molecule is C/C(=C\c1ccc(Cl)cc1)c1ccc2c(c1)C(C)(C)CCC2(C)C. The van der Waals surface area contributed by atoms with Crippen LogP contribution in [0.4, 0.5) is 0 Å². The van der Waals surface area contributed by atoms with Crippen LogP contribution in [0.25, 0.3) is 11.6 Å². The Kier molecular flexibility index (Phi) is 4.38. The van der Waals surface area contributed by atoms with Crippen molar-refractivity contribution in [1.82, 2.24) is 0 Å². The topological polar surface area (TPSA) is 0 Å². The van der Waals surface area contributed by atoms with Crippen LogP contribution in [0.2, 0.25) is 5.02 Å². The zero-order valence-corrected chi connectivity index (χ0v) is 16.2. The Bertz CT molecular complexity index is 776. The van der Waals surface area contributed by atoms with Gasteiger partial charge in [0.1, 0.15) is 0 Å². The fourth-order valence-corrected chi connectivity index (χ4v) is 3.85. The van der Waals surface area contributed by atoms with E-state index in [4.69, 9.17) is 11.6 Å². The van der Waals surface area contributed by atoms with Crippen molar-refractivity contribution >= 4 is 23.3 Å². The third kappa shape index (κ3) is 3.30. The molecule has 0 spiro atoms. The van der Waals surface area contributed by atoms with E-state index >= 15 is 0 Å². The molecular formula is C23H27Cl. The van der Waals surface area contributed by atoms with Crippen molar-refractivity contribution in [3.63, 3.8) is 0 Å². The minimum atomic E-state index is 0.251. The third-order valence-electron chi connectivity index (χ3n) is 5.56. The average molecular weight is 339 g/mol. The zero-order valence-electron chi connectivity index (χ0n) is 15.4. The van der Waals surface area contributed by atoms with Gasteiger partial charge in [0.05, 0.1) is 0 Å². The molecule has 0 bridgehead atoms. The van der Waals surface area contributed by atoms with Gasteiger partial charge in [-0.25, -0.2) is 0 Å². The summed E-state index contributed by atoms with van der Waals surface area (Å²) in [6.07, 6.45) is 4.74. The molecule has 0 aliphatic heterocycles. The van der Waals surface area contributed by atoms with Crippen LogP contribution >= 0.6 is 11.6 Å². The highest BCUT2D eigenvalue weighted by Crippen LogP contribution is 2.46. The van der Waals surface area contributed by atoms with Crippen molar-refractivity contribution in [2.75, 3.05) is 0 Å². The van der Waals surface area contributed by atoms with E-state index in [1.54, 1.807) is 0 Å². The van der Waals surface area contributed by atoms with E-state index in [1.807, 2.05) is 12.1 Å². The summed E-state index contributed by atoms with van der Waals surface area (Å²) in [5.41, 5.74) is 7.35. The molecule has 24 heavy (non-hydrogen) atoms. The summed E-state index contributed by atoms with van der Waals surface area (Å²) in [4.78, 5) is 0. The minimum absolute atomic E-state index is 0.251. The Morgan fingerprint density at radius 3 is 2.08 bits per heavy atom. The van der Waals surface area contributed by atoms with Gasteiger partial charge in [-0.15, -0.1) is 0 Å². The number of fused-ring (bicyclic) bond motifs is 1. The Balaban J connectivity index is 2.03. The fraction of sp³-hybridized carbons (Fsp3) is 0.391. The third-order valence-corrected chi connectivity index (χ3v) is 5.81. The molecule has 0 radical (unpaired) electrons. The van der Waals surface area contributed by atoms with Gasteiger partial charge < -0.3 is 0 Å². The number of hydrogen-bond donors (Lipinski definition) is 0. The predicted molar refractivity (Wildman–Crippen MR) is 107 cm³/mol. The molecule has 0 N–H and O–H groups in total. The second kappa shape index (κ2) is 6.08. The van der Waals surface area contributed by atoms with E-state index in [0.29, 0.717) is 0 Å². The first-order chi connectivity index (χ1) is 11.2. The summed E-state index contributed by atoms with van der Waals surface area (Å²) < 4.78 is 0. The number of halogens is 1. The quantitative estimate of drug-likeness (QED) is 0.506. The highest BCUT2D eigenvalue weighted by Gasteiger charge is 2.36. The molecule has 0 saturated heterocycles. The van der Waals surface area contributed by atoms with Gasteiger partial charge >= 0.3 is 0 Å². The lowest BCUT2D eigenvalue weighted by molar-refractivity contribution is 0.332. The number of benzene rings is 2. The molecule has 0 atom stereocenters. The Morgan fingerprint density at radius 2 is 1.46 bits per heavy atom. The molecule has 0 saturated carbocycles. The second-order valence-corrected chi connectivity index (χ2v) is 8.84. The molecule has 2 aromatic carbocycles. The molecule has 1 heteroatoms. The summed E-state index contributed by atoms with van der Waals surface area (Å²) >= 11 is 5.98. The van der Waals surface area contributed by atoms with Crippen LogP contribution in [0.15, 0.2) is 42.5 Å². The number of hydrogen-bond acceptors (Lipinski definition) is 0. The molecule has 1 aliphatic carbocycles. The highest BCUT2D eigenvalue weighted by molar-refractivity contribution is 6.30. The highest BCUT2D eigenvalue weighted by atomic mass is 35.5. The van der Waals surface area contributed by atoms with Crippen LogP contribution in [-0.2, 0) is 10.8 Å². The zero-order chi connectivity index (χ0) is 17.5. The van der Waals surface area contributed by atoms with Gasteiger partial charge in [-0.05, 0) is 70.6 Å². The summed E-state index contributed by atoms with van der Waals surface area (Å²) in [6, 6.07) is 15.1. The van der Waals surface area contributed by atoms with Gasteiger partial charge in [0.2, 0.25) is 0 Å². The van der Waals surface area contributed by atoms with Gasteiger partial charge in [0, 0.05) is 5.02 Å². The van der Waals surface area contributed by atoms with Crippen molar-refractivity contribution in [2.45, 2.75) is 58.3 Å². The lowest BCUT2D eigenvalue weighted by Crippen LogP contribution is -2.33. The summed E-state index contributed by atoms with van der Waals surface area (Å²) in [6.45, 7) is 11.7. The van der Waals surface area contributed by atoms with E-state index in [0.717, 1.165) is 5.02 Å². The molecule has 0 aromatic heterocycles. The normalized spacial score (nSPS) is 19.0. The molecule has 2 aromatic rings. The first-order valence-corrected chi connectivity index (χ1v) is 9.16. The van der Waals surface area contributed by atoms with Crippen molar-refractivity contribution in [2.24, 2.45) is 0 Å². The molecule has 126 valence electrons. The molecule has 0 nitrogen and oxygen atoms in total. The van der Waals surface area contributed by atoms with E-state index in [-0.39, 0.29) is 10.8 Å².